The zero-order chi connectivity index (χ0) is 20.9. The third-order valence-corrected chi connectivity index (χ3v) is 5.56. The van der Waals surface area contributed by atoms with Crippen LogP contribution in [-0.4, -0.2) is 55.1 Å². The van der Waals surface area contributed by atoms with E-state index in [0.29, 0.717) is 45.7 Å². The molecule has 0 radical (unpaired) electrons. The summed E-state index contributed by atoms with van der Waals surface area (Å²) in [6.07, 6.45) is 1.35. The van der Waals surface area contributed by atoms with Gasteiger partial charge in [0, 0.05) is 38.3 Å². The molecule has 0 unspecified atom stereocenters. The van der Waals surface area contributed by atoms with Gasteiger partial charge in [0.25, 0.3) is 0 Å². The maximum atomic E-state index is 12.9. The first-order valence-electron chi connectivity index (χ1n) is 10.3. The summed E-state index contributed by atoms with van der Waals surface area (Å²) in [5.41, 5.74) is 1.79. The summed E-state index contributed by atoms with van der Waals surface area (Å²) < 4.78 is 11.2. The van der Waals surface area contributed by atoms with Gasteiger partial charge in [-0.2, -0.15) is 0 Å². The van der Waals surface area contributed by atoms with E-state index in [9.17, 15) is 9.59 Å². The van der Waals surface area contributed by atoms with Crippen LogP contribution in [0.2, 0.25) is 0 Å². The molecular weight excluding hydrogens is 382 g/mol. The monoisotopic (exact) mass is 409 g/mol. The zero-order valence-electron chi connectivity index (χ0n) is 17.2. The number of carbonyl (C=O) groups is 2. The molecule has 1 saturated heterocycles. The Morgan fingerprint density at radius 2 is 1.73 bits per heavy atom. The molecule has 2 aliphatic heterocycles. The van der Waals surface area contributed by atoms with Gasteiger partial charge in [-0.05, 0) is 42.7 Å². The number of fused-ring (bicyclic) bond motifs is 1. The minimum atomic E-state index is -0.114. The first-order valence-corrected chi connectivity index (χ1v) is 10.3. The average molecular weight is 409 g/mol. The number of hydrogen-bond donors (Lipinski definition) is 1. The van der Waals surface area contributed by atoms with E-state index in [4.69, 9.17) is 9.47 Å². The highest BCUT2D eigenvalue weighted by atomic mass is 16.6. The van der Waals surface area contributed by atoms with E-state index >= 15 is 0 Å². The Morgan fingerprint density at radius 1 is 1.03 bits per heavy atom. The summed E-state index contributed by atoms with van der Waals surface area (Å²) in [6, 6.07) is 15.1. The first-order chi connectivity index (χ1) is 14.6. The van der Waals surface area contributed by atoms with Crippen molar-refractivity contribution in [2.75, 3.05) is 38.7 Å². The number of benzene rings is 2. The quantitative estimate of drug-likeness (QED) is 0.841. The minimum Gasteiger partial charge on any atom is -0.486 e. The molecule has 2 aromatic rings. The number of urea groups is 1. The van der Waals surface area contributed by atoms with Gasteiger partial charge >= 0.3 is 6.03 Å². The van der Waals surface area contributed by atoms with Gasteiger partial charge in [-0.3, -0.25) is 4.79 Å². The molecule has 1 N–H and O–H groups in total. The number of hydrogen-bond acceptors (Lipinski definition) is 4. The Labute approximate surface area is 176 Å². The van der Waals surface area contributed by atoms with Crippen LogP contribution in [0.15, 0.2) is 48.5 Å². The van der Waals surface area contributed by atoms with Crippen LogP contribution in [0, 0.1) is 5.92 Å². The van der Waals surface area contributed by atoms with Crippen molar-refractivity contribution in [3.8, 4) is 11.5 Å². The van der Waals surface area contributed by atoms with Crippen molar-refractivity contribution in [3.05, 3.63) is 54.1 Å². The van der Waals surface area contributed by atoms with Crippen molar-refractivity contribution in [2.24, 2.45) is 5.92 Å². The second-order valence-electron chi connectivity index (χ2n) is 7.73. The normalized spacial score (nSPS) is 16.1. The van der Waals surface area contributed by atoms with E-state index in [0.717, 1.165) is 22.7 Å². The highest BCUT2D eigenvalue weighted by molar-refractivity contribution is 5.89. The Morgan fingerprint density at radius 3 is 2.47 bits per heavy atom. The molecule has 0 spiro atoms. The van der Waals surface area contributed by atoms with Crippen molar-refractivity contribution in [1.29, 1.82) is 0 Å². The van der Waals surface area contributed by atoms with Crippen LogP contribution < -0.4 is 14.8 Å². The summed E-state index contributed by atoms with van der Waals surface area (Å²) in [4.78, 5) is 28.9. The standard InChI is InChI=1S/C23H27N3O4/c1-25(16-17-7-8-20-21(15-17)30-14-13-29-20)22(27)18-9-11-26(12-10-18)23(28)24-19-5-3-2-4-6-19/h2-8,15,18H,9-14,16H2,1H3,(H,24,28). The number of nitrogens with zero attached hydrogens (tertiary/aromatic N) is 2. The fourth-order valence-electron chi connectivity index (χ4n) is 3.90. The second-order valence-corrected chi connectivity index (χ2v) is 7.73. The van der Waals surface area contributed by atoms with Crippen molar-refractivity contribution in [1.82, 2.24) is 9.80 Å². The van der Waals surface area contributed by atoms with Gasteiger partial charge < -0.3 is 24.6 Å². The molecule has 2 heterocycles. The van der Waals surface area contributed by atoms with E-state index in [1.807, 2.05) is 55.6 Å². The van der Waals surface area contributed by atoms with Crippen molar-refractivity contribution in [3.63, 3.8) is 0 Å². The minimum absolute atomic E-state index is 0.0621. The molecule has 7 heteroatoms. The summed E-state index contributed by atoms with van der Waals surface area (Å²) in [7, 11) is 1.83. The van der Waals surface area contributed by atoms with Crippen LogP contribution >= 0.6 is 0 Å². The van der Waals surface area contributed by atoms with E-state index < -0.39 is 0 Å². The topological polar surface area (TPSA) is 71.1 Å². The molecule has 2 aromatic carbocycles. The first kappa shape index (κ1) is 20.1. The number of carbonyl (C=O) groups excluding carboxylic acids is 2. The molecule has 0 saturated carbocycles. The lowest BCUT2D eigenvalue weighted by Crippen LogP contribution is -2.44. The van der Waals surface area contributed by atoms with Gasteiger partial charge in [-0.15, -0.1) is 0 Å². The van der Waals surface area contributed by atoms with Gasteiger partial charge in [0.2, 0.25) is 5.91 Å². The molecule has 0 aliphatic carbocycles. The molecule has 158 valence electrons. The highest BCUT2D eigenvalue weighted by Gasteiger charge is 2.29. The van der Waals surface area contributed by atoms with Crippen LogP contribution in [0.1, 0.15) is 18.4 Å². The van der Waals surface area contributed by atoms with Gasteiger partial charge in [-0.25, -0.2) is 4.79 Å². The zero-order valence-corrected chi connectivity index (χ0v) is 17.2. The number of piperidine rings is 1. The Bertz CT molecular complexity index is 895. The Kier molecular flexibility index (Phi) is 6.07. The molecule has 1 fully saturated rings. The van der Waals surface area contributed by atoms with Crippen LogP contribution in [-0.2, 0) is 11.3 Å². The van der Waals surface area contributed by atoms with Crippen LogP contribution in [0.4, 0.5) is 10.5 Å². The summed E-state index contributed by atoms with van der Waals surface area (Å²) in [5.74, 6) is 1.54. The van der Waals surface area contributed by atoms with Gasteiger partial charge in [0.15, 0.2) is 11.5 Å². The largest absolute Gasteiger partial charge is 0.486 e. The molecule has 30 heavy (non-hydrogen) atoms. The third-order valence-electron chi connectivity index (χ3n) is 5.56. The molecule has 7 nitrogen and oxygen atoms in total. The van der Waals surface area contributed by atoms with Gasteiger partial charge in [0.05, 0.1) is 0 Å². The number of anilines is 1. The molecule has 0 atom stereocenters. The summed E-state index contributed by atoms with van der Waals surface area (Å²) in [6.45, 7) is 2.78. The smallest absolute Gasteiger partial charge is 0.321 e. The lowest BCUT2D eigenvalue weighted by atomic mass is 9.95. The van der Waals surface area contributed by atoms with E-state index in [-0.39, 0.29) is 17.9 Å². The number of nitrogens with one attached hydrogen (secondary N) is 1. The van der Waals surface area contributed by atoms with Crippen LogP contribution in [0.25, 0.3) is 0 Å². The number of amides is 3. The maximum absolute atomic E-state index is 12.9. The SMILES string of the molecule is CN(Cc1ccc2c(c1)OCCO2)C(=O)C1CCN(C(=O)Nc2ccccc2)CC1. The molecule has 4 rings (SSSR count). The van der Waals surface area contributed by atoms with Crippen molar-refractivity contribution < 1.29 is 19.1 Å². The Balaban J connectivity index is 1.28. The van der Waals surface area contributed by atoms with E-state index in [2.05, 4.69) is 5.32 Å². The molecular formula is C23H27N3O4. The number of rotatable bonds is 4. The van der Waals surface area contributed by atoms with E-state index in [1.165, 1.54) is 0 Å². The fourth-order valence-corrected chi connectivity index (χ4v) is 3.90. The van der Waals surface area contributed by atoms with E-state index in [1.54, 1.807) is 9.80 Å². The van der Waals surface area contributed by atoms with Gasteiger partial charge in [-0.1, -0.05) is 24.3 Å². The van der Waals surface area contributed by atoms with Gasteiger partial charge in [0.1, 0.15) is 13.2 Å². The second kappa shape index (κ2) is 9.07. The number of para-hydroxylation sites is 1. The lowest BCUT2D eigenvalue weighted by Gasteiger charge is -2.33. The highest BCUT2D eigenvalue weighted by Crippen LogP contribution is 2.31. The summed E-state index contributed by atoms with van der Waals surface area (Å²) in [5, 5.41) is 2.91. The Hall–Kier alpha value is -3.22. The summed E-state index contributed by atoms with van der Waals surface area (Å²) >= 11 is 0. The van der Waals surface area contributed by atoms with Crippen molar-refractivity contribution >= 4 is 17.6 Å². The fraction of sp³-hybridized carbons (Fsp3) is 0.391. The average Bonchev–Trinajstić information content (AvgIpc) is 2.79. The lowest BCUT2D eigenvalue weighted by molar-refractivity contribution is -0.136. The number of likely N-dealkylation sites (tertiary alicyclic amines) is 1. The third kappa shape index (κ3) is 4.67. The predicted octanol–water partition coefficient (Wildman–Crippen LogP) is 3.36. The molecule has 0 aromatic heterocycles. The van der Waals surface area contributed by atoms with Crippen LogP contribution in [0.3, 0.4) is 0 Å². The molecule has 2 aliphatic rings. The molecule has 0 bridgehead atoms. The van der Waals surface area contributed by atoms with Crippen LogP contribution in [0.5, 0.6) is 11.5 Å². The number of ether oxygens (including phenoxy) is 2. The van der Waals surface area contributed by atoms with Crippen molar-refractivity contribution in [2.45, 2.75) is 19.4 Å². The molecule has 3 amide bonds. The maximum Gasteiger partial charge on any atom is 0.321 e. The predicted molar refractivity (Wildman–Crippen MR) is 114 cm³/mol.